The average Bonchev–Trinajstić information content (AvgIpc) is 2.41. The lowest BCUT2D eigenvalue weighted by Gasteiger charge is -2.26. The molecule has 1 aromatic rings. The average molecular weight is 277 g/mol. The third-order valence-corrected chi connectivity index (χ3v) is 3.51. The molecule has 0 spiro atoms. The van der Waals surface area contributed by atoms with Crippen LogP contribution in [0.5, 0.6) is 0 Å². The Balaban J connectivity index is 2.01. The van der Waals surface area contributed by atoms with Gasteiger partial charge in [-0.1, -0.05) is 0 Å². The predicted octanol–water partition coefficient (Wildman–Crippen LogP) is 1.94. The van der Waals surface area contributed by atoms with Gasteiger partial charge in [0, 0.05) is 18.3 Å². The topological polar surface area (TPSA) is 74.2 Å². The zero-order chi connectivity index (χ0) is 14.5. The molecule has 0 aliphatic heterocycles. The molecule has 2 rings (SSSR count). The molecule has 0 radical (unpaired) electrons. The fourth-order valence-corrected chi connectivity index (χ4v) is 2.46. The minimum Gasteiger partial charge on any atom is -0.393 e. The summed E-state index contributed by atoms with van der Waals surface area (Å²) in [5, 5.41) is 15.7. The van der Waals surface area contributed by atoms with Crippen LogP contribution in [-0.4, -0.2) is 34.2 Å². The van der Waals surface area contributed by atoms with Gasteiger partial charge in [-0.3, -0.25) is 4.79 Å². The lowest BCUT2D eigenvalue weighted by Crippen LogP contribution is -2.39. The molecular formula is C15H23N3O2. The smallest absolute Gasteiger partial charge is 0.255 e. The van der Waals surface area contributed by atoms with Crippen molar-refractivity contribution in [2.45, 2.75) is 57.7 Å². The Bertz CT molecular complexity index is 454. The summed E-state index contributed by atoms with van der Waals surface area (Å²) in [4.78, 5) is 16.6. The number of rotatable bonds is 4. The molecule has 1 heterocycles. The highest BCUT2D eigenvalue weighted by atomic mass is 16.3. The quantitative estimate of drug-likeness (QED) is 0.786. The van der Waals surface area contributed by atoms with Crippen LogP contribution >= 0.6 is 0 Å². The highest BCUT2D eigenvalue weighted by Crippen LogP contribution is 2.20. The Hall–Kier alpha value is -1.62. The van der Waals surface area contributed by atoms with Gasteiger partial charge in [-0.25, -0.2) is 4.98 Å². The molecule has 110 valence electrons. The number of nitrogens with zero attached hydrogens (tertiary/aromatic N) is 1. The summed E-state index contributed by atoms with van der Waals surface area (Å²) in [6.45, 7) is 4.03. The highest BCUT2D eigenvalue weighted by molar-refractivity contribution is 5.98. The number of carbonyl (C=O) groups is 1. The molecule has 0 aromatic carbocycles. The van der Waals surface area contributed by atoms with Crippen LogP contribution in [0.25, 0.3) is 0 Å². The fourth-order valence-electron chi connectivity index (χ4n) is 2.46. The lowest BCUT2D eigenvalue weighted by molar-refractivity contribution is 0.0868. The maximum absolute atomic E-state index is 12.3. The first kappa shape index (κ1) is 14.8. The van der Waals surface area contributed by atoms with E-state index in [0.717, 1.165) is 25.7 Å². The second-order valence-electron chi connectivity index (χ2n) is 5.68. The van der Waals surface area contributed by atoms with E-state index < -0.39 is 0 Å². The van der Waals surface area contributed by atoms with Gasteiger partial charge >= 0.3 is 0 Å². The number of aromatic nitrogens is 1. The molecule has 1 amide bonds. The van der Waals surface area contributed by atoms with Crippen molar-refractivity contribution in [2.75, 3.05) is 5.32 Å². The van der Waals surface area contributed by atoms with Crippen LogP contribution in [0.3, 0.4) is 0 Å². The fraction of sp³-hybridized carbons (Fsp3) is 0.600. The first-order valence-electron chi connectivity index (χ1n) is 7.26. The number of hydrogen-bond donors (Lipinski definition) is 3. The van der Waals surface area contributed by atoms with Crippen molar-refractivity contribution in [3.8, 4) is 0 Å². The van der Waals surface area contributed by atoms with Crippen molar-refractivity contribution >= 4 is 11.7 Å². The molecule has 0 atom stereocenters. The van der Waals surface area contributed by atoms with Gasteiger partial charge in [0.2, 0.25) is 0 Å². The molecule has 1 fully saturated rings. The van der Waals surface area contributed by atoms with E-state index in [4.69, 9.17) is 0 Å². The van der Waals surface area contributed by atoms with Gasteiger partial charge in [-0.15, -0.1) is 0 Å². The molecule has 5 heteroatoms. The van der Waals surface area contributed by atoms with Crippen LogP contribution in [-0.2, 0) is 0 Å². The van der Waals surface area contributed by atoms with Crippen LogP contribution in [0, 0.1) is 0 Å². The standard InChI is InChI=1S/C15H23N3O2/c1-10(2)17-14-13(4-3-9-16-14)15(20)18-11-5-7-12(19)8-6-11/h3-4,9-12,19H,5-8H2,1-2H3,(H,16,17)(H,18,20). The Morgan fingerprint density at radius 3 is 2.70 bits per heavy atom. The molecule has 3 N–H and O–H groups in total. The Kier molecular flexibility index (Phi) is 4.95. The molecule has 1 aromatic heterocycles. The van der Waals surface area contributed by atoms with Crippen molar-refractivity contribution in [3.63, 3.8) is 0 Å². The van der Waals surface area contributed by atoms with Crippen molar-refractivity contribution < 1.29 is 9.90 Å². The van der Waals surface area contributed by atoms with Crippen LogP contribution < -0.4 is 10.6 Å². The number of nitrogens with one attached hydrogen (secondary N) is 2. The number of carbonyl (C=O) groups excluding carboxylic acids is 1. The zero-order valence-corrected chi connectivity index (χ0v) is 12.1. The second kappa shape index (κ2) is 6.70. The summed E-state index contributed by atoms with van der Waals surface area (Å²) in [6.07, 6.45) is 4.66. The summed E-state index contributed by atoms with van der Waals surface area (Å²) >= 11 is 0. The van der Waals surface area contributed by atoms with Gasteiger partial charge < -0.3 is 15.7 Å². The molecular weight excluding hydrogens is 254 g/mol. The Morgan fingerprint density at radius 1 is 1.35 bits per heavy atom. The Morgan fingerprint density at radius 2 is 2.05 bits per heavy atom. The van der Waals surface area contributed by atoms with Gasteiger partial charge in [0.25, 0.3) is 5.91 Å². The second-order valence-corrected chi connectivity index (χ2v) is 5.68. The molecule has 0 bridgehead atoms. The van der Waals surface area contributed by atoms with Crippen LogP contribution in [0.15, 0.2) is 18.3 Å². The minimum absolute atomic E-state index is 0.0948. The summed E-state index contributed by atoms with van der Waals surface area (Å²) in [7, 11) is 0. The van der Waals surface area contributed by atoms with Gasteiger partial charge in [0.05, 0.1) is 11.7 Å². The maximum Gasteiger partial charge on any atom is 0.255 e. The largest absolute Gasteiger partial charge is 0.393 e. The first-order chi connectivity index (χ1) is 9.56. The number of anilines is 1. The van der Waals surface area contributed by atoms with E-state index in [1.165, 1.54) is 0 Å². The number of aliphatic hydroxyl groups excluding tert-OH is 1. The van der Waals surface area contributed by atoms with Crippen molar-refractivity contribution in [1.82, 2.24) is 10.3 Å². The number of pyridine rings is 1. The third kappa shape index (κ3) is 3.93. The van der Waals surface area contributed by atoms with Crippen molar-refractivity contribution in [3.05, 3.63) is 23.9 Å². The summed E-state index contributed by atoms with van der Waals surface area (Å²) in [6, 6.07) is 3.93. The number of aliphatic hydroxyl groups is 1. The van der Waals surface area contributed by atoms with Crippen LogP contribution in [0.1, 0.15) is 49.9 Å². The van der Waals surface area contributed by atoms with Gasteiger partial charge in [-0.2, -0.15) is 0 Å². The molecule has 1 saturated carbocycles. The van der Waals surface area contributed by atoms with E-state index in [0.29, 0.717) is 11.4 Å². The predicted molar refractivity (Wildman–Crippen MR) is 78.7 cm³/mol. The zero-order valence-electron chi connectivity index (χ0n) is 12.1. The summed E-state index contributed by atoms with van der Waals surface area (Å²) in [5.74, 6) is 0.526. The molecule has 0 unspecified atom stereocenters. The number of hydrogen-bond acceptors (Lipinski definition) is 4. The van der Waals surface area contributed by atoms with E-state index in [2.05, 4.69) is 15.6 Å². The highest BCUT2D eigenvalue weighted by Gasteiger charge is 2.22. The van der Waals surface area contributed by atoms with Crippen LogP contribution in [0.2, 0.25) is 0 Å². The monoisotopic (exact) mass is 277 g/mol. The van der Waals surface area contributed by atoms with E-state index in [9.17, 15) is 9.90 Å². The third-order valence-electron chi connectivity index (χ3n) is 3.51. The molecule has 5 nitrogen and oxygen atoms in total. The maximum atomic E-state index is 12.3. The summed E-state index contributed by atoms with van der Waals surface area (Å²) in [5.41, 5.74) is 0.576. The normalized spacial score (nSPS) is 22.6. The van der Waals surface area contributed by atoms with Gasteiger partial charge in [0.15, 0.2) is 0 Å². The van der Waals surface area contributed by atoms with Crippen LogP contribution in [0.4, 0.5) is 5.82 Å². The molecule has 1 aliphatic carbocycles. The van der Waals surface area contributed by atoms with E-state index in [1.54, 1.807) is 18.3 Å². The van der Waals surface area contributed by atoms with Crippen molar-refractivity contribution in [1.29, 1.82) is 0 Å². The van der Waals surface area contributed by atoms with E-state index in [-0.39, 0.29) is 24.1 Å². The number of amides is 1. The van der Waals surface area contributed by atoms with Gasteiger partial charge in [-0.05, 0) is 51.7 Å². The molecule has 20 heavy (non-hydrogen) atoms. The van der Waals surface area contributed by atoms with E-state index in [1.807, 2.05) is 13.8 Å². The lowest BCUT2D eigenvalue weighted by atomic mass is 9.93. The van der Waals surface area contributed by atoms with Gasteiger partial charge in [0.1, 0.15) is 5.82 Å². The SMILES string of the molecule is CC(C)Nc1ncccc1C(=O)NC1CCC(O)CC1. The molecule has 1 aliphatic rings. The minimum atomic E-state index is -0.209. The van der Waals surface area contributed by atoms with E-state index >= 15 is 0 Å². The first-order valence-corrected chi connectivity index (χ1v) is 7.26. The molecule has 0 saturated heterocycles. The van der Waals surface area contributed by atoms with Crippen molar-refractivity contribution in [2.24, 2.45) is 0 Å². The Labute approximate surface area is 119 Å². The summed E-state index contributed by atoms with van der Waals surface area (Å²) < 4.78 is 0.